The molecule has 0 saturated carbocycles. The van der Waals surface area contributed by atoms with Gasteiger partial charge in [0.25, 0.3) is 0 Å². The number of likely N-dealkylation sites (tertiary alicyclic amines) is 1. The molecule has 0 amide bonds. The van der Waals surface area contributed by atoms with Crippen LogP contribution in [0.4, 0.5) is 0 Å². The fraction of sp³-hybridized carbons (Fsp3) is 0.632. The first-order valence-electron chi connectivity index (χ1n) is 9.07. The minimum Gasteiger partial charge on any atom is -0.310 e. The van der Waals surface area contributed by atoms with E-state index in [-0.39, 0.29) is 0 Å². The number of hydrogen-bond donors (Lipinski definition) is 1. The predicted octanol–water partition coefficient (Wildman–Crippen LogP) is 4.26. The molecule has 3 unspecified atom stereocenters. The maximum absolute atomic E-state index is 4.47. The highest BCUT2D eigenvalue weighted by Crippen LogP contribution is 2.37. The van der Waals surface area contributed by atoms with Gasteiger partial charge < -0.3 is 5.32 Å². The van der Waals surface area contributed by atoms with Crippen LogP contribution < -0.4 is 5.32 Å². The summed E-state index contributed by atoms with van der Waals surface area (Å²) in [5, 5.41) is 10.4. The molecule has 3 heterocycles. The van der Waals surface area contributed by atoms with Gasteiger partial charge in [0.1, 0.15) is 0 Å². The van der Waals surface area contributed by atoms with E-state index in [1.54, 1.807) is 0 Å². The fourth-order valence-corrected chi connectivity index (χ4v) is 4.67. The summed E-state index contributed by atoms with van der Waals surface area (Å²) >= 11 is 1.89. The molecule has 0 bridgehead atoms. The number of hydrogen-bond acceptors (Lipinski definition) is 4. The van der Waals surface area contributed by atoms with Crippen molar-refractivity contribution < 1.29 is 0 Å². The number of nitrogens with one attached hydrogen (secondary N) is 1. The third kappa shape index (κ3) is 3.90. The Labute approximate surface area is 149 Å². The van der Waals surface area contributed by atoms with E-state index in [9.17, 15) is 0 Å². The second-order valence-corrected chi connectivity index (χ2v) is 8.30. The summed E-state index contributed by atoms with van der Waals surface area (Å²) in [4.78, 5) is 4.03. The van der Waals surface area contributed by atoms with E-state index in [1.807, 2.05) is 22.2 Å². The van der Waals surface area contributed by atoms with Gasteiger partial charge in [-0.05, 0) is 64.6 Å². The molecule has 1 fully saturated rings. The van der Waals surface area contributed by atoms with Crippen molar-refractivity contribution in [3.05, 3.63) is 40.3 Å². The smallest absolute Gasteiger partial charge is 0.0537 e. The number of aromatic nitrogens is 2. The second kappa shape index (κ2) is 7.81. The summed E-state index contributed by atoms with van der Waals surface area (Å²) in [6.45, 7) is 8.84. The van der Waals surface area contributed by atoms with Gasteiger partial charge in [0.15, 0.2) is 0 Å². The minimum absolute atomic E-state index is 0.341. The molecule has 3 atom stereocenters. The lowest BCUT2D eigenvalue weighted by Crippen LogP contribution is -2.40. The molecule has 3 rings (SSSR count). The normalized spacial score (nSPS) is 23.7. The van der Waals surface area contributed by atoms with Crippen molar-refractivity contribution in [1.82, 2.24) is 20.0 Å². The van der Waals surface area contributed by atoms with Crippen LogP contribution >= 0.6 is 11.3 Å². The first-order chi connectivity index (χ1) is 11.6. The Bertz CT molecular complexity index is 619. The van der Waals surface area contributed by atoms with Gasteiger partial charge >= 0.3 is 0 Å². The van der Waals surface area contributed by atoms with Gasteiger partial charge in [-0.25, -0.2) is 0 Å². The lowest BCUT2D eigenvalue weighted by molar-refractivity contribution is 0.120. The highest BCUT2D eigenvalue weighted by atomic mass is 32.1. The second-order valence-electron chi connectivity index (χ2n) is 7.32. The first-order valence-corrected chi connectivity index (χ1v) is 9.95. The Balaban J connectivity index is 1.63. The summed E-state index contributed by atoms with van der Waals surface area (Å²) in [5.41, 5.74) is 1.28. The lowest BCUT2D eigenvalue weighted by atomic mass is 9.88. The monoisotopic (exact) mass is 346 g/mol. The molecule has 1 aliphatic heterocycles. The molecule has 1 N–H and O–H groups in total. The molecule has 24 heavy (non-hydrogen) atoms. The third-order valence-corrected chi connectivity index (χ3v) is 6.12. The molecule has 2 aromatic heterocycles. The highest BCUT2D eigenvalue weighted by Gasteiger charge is 2.31. The van der Waals surface area contributed by atoms with Gasteiger partial charge in [0.2, 0.25) is 0 Å². The van der Waals surface area contributed by atoms with Gasteiger partial charge in [0.05, 0.1) is 6.20 Å². The maximum atomic E-state index is 4.47. The van der Waals surface area contributed by atoms with Gasteiger partial charge in [0, 0.05) is 41.3 Å². The number of piperidine rings is 1. The van der Waals surface area contributed by atoms with E-state index in [4.69, 9.17) is 0 Å². The Morgan fingerprint density at radius 2 is 2.21 bits per heavy atom. The summed E-state index contributed by atoms with van der Waals surface area (Å²) < 4.78 is 2.04. The zero-order chi connectivity index (χ0) is 17.1. The van der Waals surface area contributed by atoms with Crippen molar-refractivity contribution in [1.29, 1.82) is 0 Å². The molecule has 2 aromatic rings. The first kappa shape index (κ1) is 17.6. The topological polar surface area (TPSA) is 33.1 Å². The van der Waals surface area contributed by atoms with E-state index >= 15 is 0 Å². The number of rotatable bonds is 6. The molecular formula is C19H30N4S. The van der Waals surface area contributed by atoms with Crippen LogP contribution in [0.15, 0.2) is 29.9 Å². The van der Waals surface area contributed by atoms with Gasteiger partial charge in [-0.1, -0.05) is 6.07 Å². The average molecular weight is 347 g/mol. The van der Waals surface area contributed by atoms with Gasteiger partial charge in [-0.2, -0.15) is 5.10 Å². The van der Waals surface area contributed by atoms with Crippen LogP contribution in [0.1, 0.15) is 62.2 Å². The summed E-state index contributed by atoms with van der Waals surface area (Å²) in [7, 11) is 2.27. The van der Waals surface area contributed by atoms with Crippen LogP contribution in [-0.2, 0) is 0 Å². The Morgan fingerprint density at radius 1 is 1.38 bits per heavy atom. The van der Waals surface area contributed by atoms with Crippen molar-refractivity contribution in [2.24, 2.45) is 5.92 Å². The molecule has 1 saturated heterocycles. The molecular weight excluding hydrogens is 316 g/mol. The molecule has 0 radical (unpaired) electrons. The Kier molecular flexibility index (Phi) is 5.74. The van der Waals surface area contributed by atoms with Crippen LogP contribution in [0.2, 0.25) is 0 Å². The predicted molar refractivity (Wildman–Crippen MR) is 101 cm³/mol. The van der Waals surface area contributed by atoms with Crippen LogP contribution in [0.5, 0.6) is 0 Å². The van der Waals surface area contributed by atoms with E-state index in [2.05, 4.69) is 66.8 Å². The molecule has 5 heteroatoms. The van der Waals surface area contributed by atoms with Crippen molar-refractivity contribution >= 4 is 11.3 Å². The van der Waals surface area contributed by atoms with Crippen LogP contribution in [0, 0.1) is 5.92 Å². The Hall–Kier alpha value is -1.17. The van der Waals surface area contributed by atoms with E-state index in [0.717, 1.165) is 6.54 Å². The highest BCUT2D eigenvalue weighted by molar-refractivity contribution is 7.10. The van der Waals surface area contributed by atoms with Crippen molar-refractivity contribution in [3.63, 3.8) is 0 Å². The van der Waals surface area contributed by atoms with Gasteiger partial charge in [-0.15, -0.1) is 11.3 Å². The fourth-order valence-electron chi connectivity index (χ4n) is 3.69. The van der Waals surface area contributed by atoms with E-state index in [0.29, 0.717) is 24.0 Å². The van der Waals surface area contributed by atoms with Crippen molar-refractivity contribution in [2.45, 2.75) is 51.7 Å². The molecule has 4 nitrogen and oxygen atoms in total. The molecule has 132 valence electrons. The molecule has 0 spiro atoms. The quantitative estimate of drug-likeness (QED) is 0.848. The minimum atomic E-state index is 0.341. The summed E-state index contributed by atoms with van der Waals surface area (Å²) in [6, 6.07) is 5.78. The summed E-state index contributed by atoms with van der Waals surface area (Å²) in [5.74, 6) is 0.671. The van der Waals surface area contributed by atoms with Crippen LogP contribution in [0.25, 0.3) is 0 Å². The van der Waals surface area contributed by atoms with Crippen molar-refractivity contribution in [2.75, 3.05) is 20.1 Å². The zero-order valence-corrected chi connectivity index (χ0v) is 16.1. The molecule has 0 aliphatic carbocycles. The van der Waals surface area contributed by atoms with Crippen molar-refractivity contribution in [3.8, 4) is 0 Å². The molecule has 1 aliphatic rings. The van der Waals surface area contributed by atoms with Crippen LogP contribution in [0.3, 0.4) is 0 Å². The number of nitrogens with zero attached hydrogens (tertiary/aromatic N) is 3. The van der Waals surface area contributed by atoms with Crippen LogP contribution in [-0.4, -0.2) is 34.8 Å². The van der Waals surface area contributed by atoms with E-state index < -0.39 is 0 Å². The Morgan fingerprint density at radius 3 is 2.88 bits per heavy atom. The standard InChI is InChI=1S/C19H30N4S/c1-14(2)23-13-17(12-21-23)15(3)20-11-16-7-5-9-22(4)19(16)18-8-6-10-24-18/h6,8,10,12-16,19-20H,5,7,9,11H2,1-4H3. The molecule has 0 aromatic carbocycles. The number of thiophene rings is 1. The van der Waals surface area contributed by atoms with E-state index in [1.165, 1.54) is 29.8 Å². The third-order valence-electron chi connectivity index (χ3n) is 5.18. The van der Waals surface area contributed by atoms with Gasteiger partial charge in [-0.3, -0.25) is 9.58 Å². The maximum Gasteiger partial charge on any atom is 0.0537 e. The average Bonchev–Trinajstić information content (AvgIpc) is 3.24. The zero-order valence-electron chi connectivity index (χ0n) is 15.3. The largest absolute Gasteiger partial charge is 0.310 e. The lowest BCUT2D eigenvalue weighted by Gasteiger charge is -2.39. The summed E-state index contributed by atoms with van der Waals surface area (Å²) in [6.07, 6.45) is 6.77. The SMILES string of the molecule is CC(NCC1CCCN(C)C1c1cccs1)c1cnn(C(C)C)c1.